The van der Waals surface area contributed by atoms with Crippen LogP contribution in [0.2, 0.25) is 0 Å². The highest BCUT2D eigenvalue weighted by Gasteiger charge is 2.39. The van der Waals surface area contributed by atoms with Gasteiger partial charge in [0.2, 0.25) is 0 Å². The van der Waals surface area contributed by atoms with Gasteiger partial charge in [-0.2, -0.15) is 0 Å². The SMILES string of the molecule is O=C(N[C@@H]1C[C@H]2CC[C@@H]1N2)c1cc2cc(I)sc2cn1. The number of rotatable bonds is 2. The Hall–Kier alpha value is -0.730. The second kappa shape index (κ2) is 4.92. The smallest absolute Gasteiger partial charge is 0.270 e. The molecule has 2 fully saturated rings. The third-order valence-corrected chi connectivity index (χ3v) is 6.07. The summed E-state index contributed by atoms with van der Waals surface area (Å²) in [5.41, 5.74) is 0.523. The van der Waals surface area contributed by atoms with Crippen molar-refractivity contribution in [1.29, 1.82) is 0 Å². The molecule has 2 saturated heterocycles. The lowest BCUT2D eigenvalue weighted by Gasteiger charge is -2.21. The Morgan fingerprint density at radius 3 is 3.10 bits per heavy atom. The standard InChI is InChI=1S/C14H14IN3OS/c15-13-4-7-3-11(16-6-12(7)20-13)14(19)18-10-5-8-1-2-9(10)17-8/h3-4,6,8-10,17H,1-2,5H2,(H,18,19)/t8-,9+,10-/m1/s1. The van der Waals surface area contributed by atoms with Gasteiger partial charge in [-0.15, -0.1) is 11.3 Å². The summed E-state index contributed by atoms with van der Waals surface area (Å²) < 4.78 is 2.35. The van der Waals surface area contributed by atoms with Gasteiger partial charge in [-0.1, -0.05) is 0 Å². The van der Waals surface area contributed by atoms with Crippen LogP contribution in [0.5, 0.6) is 0 Å². The van der Waals surface area contributed by atoms with Gasteiger partial charge in [0.15, 0.2) is 0 Å². The van der Waals surface area contributed by atoms with Gasteiger partial charge in [0.05, 0.1) is 7.58 Å². The van der Waals surface area contributed by atoms with Gasteiger partial charge >= 0.3 is 0 Å². The van der Waals surface area contributed by atoms with Gasteiger partial charge in [0.25, 0.3) is 5.91 Å². The van der Waals surface area contributed by atoms with Crippen molar-refractivity contribution in [3.05, 3.63) is 26.9 Å². The topological polar surface area (TPSA) is 54.0 Å². The fraction of sp³-hybridized carbons (Fsp3) is 0.429. The van der Waals surface area contributed by atoms with Crippen molar-refractivity contribution in [2.24, 2.45) is 0 Å². The minimum atomic E-state index is -0.0486. The number of fused-ring (bicyclic) bond motifs is 3. The highest BCUT2D eigenvalue weighted by atomic mass is 127. The van der Waals surface area contributed by atoms with E-state index < -0.39 is 0 Å². The maximum absolute atomic E-state index is 12.3. The fourth-order valence-electron chi connectivity index (χ4n) is 3.26. The van der Waals surface area contributed by atoms with E-state index in [-0.39, 0.29) is 11.9 Å². The van der Waals surface area contributed by atoms with Gasteiger partial charge in [-0.3, -0.25) is 4.79 Å². The summed E-state index contributed by atoms with van der Waals surface area (Å²) >= 11 is 3.99. The number of hydrogen-bond donors (Lipinski definition) is 2. The molecule has 20 heavy (non-hydrogen) atoms. The number of halogens is 1. The molecule has 0 saturated carbocycles. The van der Waals surface area contributed by atoms with Crippen LogP contribution in [0.4, 0.5) is 0 Å². The highest BCUT2D eigenvalue weighted by Crippen LogP contribution is 2.29. The molecule has 0 unspecified atom stereocenters. The summed E-state index contributed by atoms with van der Waals surface area (Å²) in [4.78, 5) is 16.6. The van der Waals surface area contributed by atoms with Crippen LogP contribution in [-0.4, -0.2) is 29.0 Å². The molecule has 2 bridgehead atoms. The van der Waals surface area contributed by atoms with Crippen LogP contribution >= 0.6 is 33.9 Å². The van der Waals surface area contributed by atoms with Gasteiger partial charge in [-0.25, -0.2) is 4.98 Å². The number of nitrogens with one attached hydrogen (secondary N) is 2. The molecule has 2 aromatic rings. The number of aromatic nitrogens is 1. The fourth-order valence-corrected chi connectivity index (χ4v) is 5.05. The maximum Gasteiger partial charge on any atom is 0.270 e. The van der Waals surface area contributed by atoms with E-state index in [9.17, 15) is 4.79 Å². The quantitative estimate of drug-likeness (QED) is 0.764. The first-order chi connectivity index (χ1) is 9.69. The molecule has 2 N–H and O–H groups in total. The van der Waals surface area contributed by atoms with Crippen molar-refractivity contribution < 1.29 is 4.79 Å². The second-order valence-electron chi connectivity index (χ2n) is 5.52. The van der Waals surface area contributed by atoms with Gasteiger partial charge < -0.3 is 10.6 Å². The Labute approximate surface area is 134 Å². The van der Waals surface area contributed by atoms with Crippen LogP contribution in [0.15, 0.2) is 18.3 Å². The normalized spacial score (nSPS) is 28.1. The largest absolute Gasteiger partial charge is 0.346 e. The molecule has 0 spiro atoms. The molecule has 2 aliphatic heterocycles. The molecule has 2 aliphatic rings. The van der Waals surface area contributed by atoms with Crippen LogP contribution in [-0.2, 0) is 0 Å². The van der Waals surface area contributed by atoms with E-state index in [0.717, 1.165) is 16.5 Å². The summed E-state index contributed by atoms with van der Waals surface area (Å²) in [5.74, 6) is -0.0486. The minimum Gasteiger partial charge on any atom is -0.346 e. The van der Waals surface area contributed by atoms with Crippen LogP contribution < -0.4 is 10.6 Å². The van der Waals surface area contributed by atoms with E-state index >= 15 is 0 Å². The molecule has 4 nitrogen and oxygen atoms in total. The Balaban J connectivity index is 1.54. The molecule has 0 radical (unpaired) electrons. The number of carbonyl (C=O) groups excluding carboxylic acids is 1. The average Bonchev–Trinajstić information content (AvgIpc) is 3.10. The summed E-state index contributed by atoms with van der Waals surface area (Å²) in [5, 5.41) is 7.77. The Morgan fingerprint density at radius 1 is 1.45 bits per heavy atom. The molecular weight excluding hydrogens is 385 g/mol. The van der Waals surface area contributed by atoms with Crippen molar-refractivity contribution in [1.82, 2.24) is 15.6 Å². The molecule has 4 heterocycles. The van der Waals surface area contributed by atoms with E-state index in [1.807, 2.05) is 6.07 Å². The number of amides is 1. The Bertz CT molecular complexity index is 686. The molecule has 1 amide bonds. The molecule has 6 heteroatoms. The van der Waals surface area contributed by atoms with Crippen molar-refractivity contribution >= 4 is 49.9 Å². The lowest BCUT2D eigenvalue weighted by molar-refractivity contribution is 0.0926. The van der Waals surface area contributed by atoms with Crippen molar-refractivity contribution in [3.63, 3.8) is 0 Å². The second-order valence-corrected chi connectivity index (χ2v) is 8.50. The minimum absolute atomic E-state index is 0.0486. The molecule has 3 atom stereocenters. The van der Waals surface area contributed by atoms with Crippen LogP contribution in [0.3, 0.4) is 0 Å². The zero-order chi connectivity index (χ0) is 13.7. The molecular formula is C14H14IN3OS. The zero-order valence-corrected chi connectivity index (χ0v) is 13.7. The number of pyridine rings is 1. The van der Waals surface area contributed by atoms with Gasteiger partial charge in [-0.05, 0) is 59.4 Å². The molecule has 2 aromatic heterocycles. The van der Waals surface area contributed by atoms with E-state index in [2.05, 4.69) is 44.3 Å². The lowest BCUT2D eigenvalue weighted by atomic mass is 9.95. The summed E-state index contributed by atoms with van der Waals surface area (Å²) in [6.07, 6.45) is 5.27. The van der Waals surface area contributed by atoms with E-state index in [0.29, 0.717) is 17.8 Å². The zero-order valence-electron chi connectivity index (χ0n) is 10.7. The average molecular weight is 399 g/mol. The maximum atomic E-state index is 12.3. The Kier molecular flexibility index (Phi) is 3.19. The van der Waals surface area contributed by atoms with E-state index in [1.54, 1.807) is 17.5 Å². The summed E-state index contributed by atoms with van der Waals surface area (Å²) in [6, 6.07) is 5.30. The number of nitrogens with zero attached hydrogens (tertiary/aromatic N) is 1. The number of hydrogen-bond acceptors (Lipinski definition) is 4. The molecule has 104 valence electrons. The van der Waals surface area contributed by atoms with Crippen LogP contribution in [0.25, 0.3) is 10.1 Å². The third-order valence-electron chi connectivity index (χ3n) is 4.22. The predicted octanol–water partition coefficient (Wildman–Crippen LogP) is 2.52. The van der Waals surface area contributed by atoms with Crippen molar-refractivity contribution in [2.75, 3.05) is 0 Å². The monoisotopic (exact) mass is 399 g/mol. The number of thiophene rings is 1. The summed E-state index contributed by atoms with van der Waals surface area (Å²) in [7, 11) is 0. The van der Waals surface area contributed by atoms with Crippen molar-refractivity contribution in [3.8, 4) is 0 Å². The first-order valence-corrected chi connectivity index (χ1v) is 8.70. The summed E-state index contributed by atoms with van der Waals surface area (Å²) in [6.45, 7) is 0. The van der Waals surface area contributed by atoms with E-state index in [4.69, 9.17) is 0 Å². The third kappa shape index (κ3) is 2.23. The van der Waals surface area contributed by atoms with Gasteiger partial charge in [0, 0.05) is 24.3 Å². The van der Waals surface area contributed by atoms with E-state index in [1.165, 1.54) is 15.7 Å². The van der Waals surface area contributed by atoms with Crippen LogP contribution in [0, 0.1) is 2.88 Å². The molecule has 0 aliphatic carbocycles. The first-order valence-electron chi connectivity index (χ1n) is 6.81. The predicted molar refractivity (Wildman–Crippen MR) is 88.2 cm³/mol. The number of carbonyl (C=O) groups is 1. The molecule has 4 rings (SSSR count). The van der Waals surface area contributed by atoms with Crippen LogP contribution in [0.1, 0.15) is 29.8 Å². The molecule has 0 aromatic carbocycles. The Morgan fingerprint density at radius 2 is 2.35 bits per heavy atom. The van der Waals surface area contributed by atoms with Crippen molar-refractivity contribution in [2.45, 2.75) is 37.4 Å². The first kappa shape index (κ1) is 13.0. The highest BCUT2D eigenvalue weighted by molar-refractivity contribution is 14.1. The van der Waals surface area contributed by atoms with Gasteiger partial charge in [0.1, 0.15) is 5.69 Å². The lowest BCUT2D eigenvalue weighted by Crippen LogP contribution is -2.43.